The average molecular weight is 560 g/mol. The molecule has 0 aliphatic carbocycles. The number of nitrogens with one attached hydrogen (secondary N) is 2. The molecule has 10 nitrogen and oxygen atoms in total. The van der Waals surface area contributed by atoms with Crippen LogP contribution in [0.15, 0.2) is 60.4 Å². The van der Waals surface area contributed by atoms with Gasteiger partial charge in [0.25, 0.3) is 5.91 Å². The number of anilines is 2. The van der Waals surface area contributed by atoms with Crippen molar-refractivity contribution in [1.29, 1.82) is 0 Å². The number of benzene rings is 1. The summed E-state index contributed by atoms with van der Waals surface area (Å²) < 4.78 is 11.1. The minimum atomic E-state index is -0.628. The van der Waals surface area contributed by atoms with Gasteiger partial charge in [-0.2, -0.15) is 0 Å². The lowest BCUT2D eigenvalue weighted by Gasteiger charge is -2.28. The Hall–Kier alpha value is -4.47. The Kier molecular flexibility index (Phi) is 8.90. The lowest BCUT2D eigenvalue weighted by atomic mass is 10.1. The fourth-order valence-electron chi connectivity index (χ4n) is 4.28. The molecule has 3 heterocycles. The predicted molar refractivity (Wildman–Crippen MR) is 157 cm³/mol. The van der Waals surface area contributed by atoms with E-state index >= 15 is 0 Å². The van der Waals surface area contributed by atoms with Gasteiger partial charge in [-0.3, -0.25) is 9.69 Å². The maximum absolute atomic E-state index is 13.1. The van der Waals surface area contributed by atoms with E-state index in [4.69, 9.17) is 14.5 Å². The molecule has 0 radical (unpaired) electrons. The van der Waals surface area contributed by atoms with Crippen LogP contribution in [0.2, 0.25) is 0 Å². The Morgan fingerprint density at radius 2 is 1.78 bits per heavy atom. The van der Waals surface area contributed by atoms with Crippen LogP contribution in [0.4, 0.5) is 16.4 Å². The normalized spacial score (nSPS) is 14.3. The van der Waals surface area contributed by atoms with Crippen LogP contribution >= 0.6 is 0 Å². The fourth-order valence-corrected chi connectivity index (χ4v) is 4.28. The van der Waals surface area contributed by atoms with E-state index in [1.165, 1.54) is 4.90 Å². The Morgan fingerprint density at radius 1 is 1.05 bits per heavy atom. The molecule has 2 N–H and O–H groups in total. The Labute approximate surface area is 240 Å². The number of esters is 1. The van der Waals surface area contributed by atoms with E-state index in [1.807, 2.05) is 26.0 Å². The molecule has 1 aliphatic rings. The van der Waals surface area contributed by atoms with Gasteiger partial charge in [0.15, 0.2) is 0 Å². The quantitative estimate of drug-likeness (QED) is 0.327. The largest absolute Gasteiger partial charge is 0.453 e. The number of carbonyl (C=O) groups excluding carboxylic acids is 3. The predicted octanol–water partition coefficient (Wildman–Crippen LogP) is 6.22. The van der Waals surface area contributed by atoms with Crippen molar-refractivity contribution in [2.24, 2.45) is 0 Å². The highest BCUT2D eigenvalue weighted by Crippen LogP contribution is 2.29. The molecule has 2 amide bonds. The SMILES string of the molecule is CC(C)Nc1nc(C(C)OC(=O)c2ccccc2)cc2cnc(NC(=O)C3=CN(C(=O)OC(C)(C)C)CCC3)cc12. The number of fused-ring (bicyclic) bond motifs is 1. The highest BCUT2D eigenvalue weighted by Gasteiger charge is 2.25. The van der Waals surface area contributed by atoms with Crippen LogP contribution in [-0.4, -0.2) is 51.0 Å². The zero-order chi connectivity index (χ0) is 29.7. The summed E-state index contributed by atoms with van der Waals surface area (Å²) in [7, 11) is 0. The molecule has 0 bridgehead atoms. The first kappa shape index (κ1) is 29.5. The van der Waals surface area contributed by atoms with Gasteiger partial charge in [-0.1, -0.05) is 18.2 Å². The van der Waals surface area contributed by atoms with Crippen LogP contribution < -0.4 is 10.6 Å². The number of hydrogen-bond acceptors (Lipinski definition) is 8. The topological polar surface area (TPSA) is 123 Å². The van der Waals surface area contributed by atoms with Crippen LogP contribution in [-0.2, 0) is 14.3 Å². The number of ether oxygens (including phenoxy) is 2. The molecule has 1 unspecified atom stereocenters. The molecular formula is C31H37N5O5. The summed E-state index contributed by atoms with van der Waals surface area (Å²) in [6, 6.07) is 12.5. The van der Waals surface area contributed by atoms with Gasteiger partial charge in [-0.25, -0.2) is 19.6 Å². The first-order chi connectivity index (χ1) is 19.4. The van der Waals surface area contributed by atoms with Gasteiger partial charge in [-0.15, -0.1) is 0 Å². The van der Waals surface area contributed by atoms with Crippen molar-refractivity contribution in [2.75, 3.05) is 17.2 Å². The number of amides is 2. The molecule has 1 atom stereocenters. The number of rotatable bonds is 7. The molecule has 4 rings (SSSR count). The third-order valence-corrected chi connectivity index (χ3v) is 6.19. The van der Waals surface area contributed by atoms with Gasteiger partial charge in [0.2, 0.25) is 0 Å². The molecule has 2 aromatic heterocycles. The van der Waals surface area contributed by atoms with Gasteiger partial charge in [0.1, 0.15) is 23.3 Å². The van der Waals surface area contributed by atoms with Gasteiger partial charge in [-0.05, 0) is 78.6 Å². The molecule has 0 saturated carbocycles. The highest BCUT2D eigenvalue weighted by molar-refractivity contribution is 6.05. The van der Waals surface area contributed by atoms with E-state index in [9.17, 15) is 14.4 Å². The van der Waals surface area contributed by atoms with Gasteiger partial charge in [0.05, 0.1) is 11.3 Å². The van der Waals surface area contributed by atoms with Crippen LogP contribution in [0.3, 0.4) is 0 Å². The minimum Gasteiger partial charge on any atom is -0.453 e. The molecule has 10 heteroatoms. The van der Waals surface area contributed by atoms with Crippen molar-refractivity contribution >= 4 is 40.4 Å². The monoisotopic (exact) mass is 559 g/mol. The molecule has 0 fully saturated rings. The first-order valence-corrected chi connectivity index (χ1v) is 13.7. The van der Waals surface area contributed by atoms with Gasteiger partial charge >= 0.3 is 12.1 Å². The van der Waals surface area contributed by atoms with Crippen LogP contribution in [0, 0.1) is 0 Å². The van der Waals surface area contributed by atoms with Crippen LogP contribution in [0.25, 0.3) is 10.8 Å². The second-order valence-electron chi connectivity index (χ2n) is 11.3. The lowest BCUT2D eigenvalue weighted by molar-refractivity contribution is -0.113. The van der Waals surface area contributed by atoms with Crippen molar-refractivity contribution in [3.05, 3.63) is 71.7 Å². The number of pyridine rings is 2. The summed E-state index contributed by atoms with van der Waals surface area (Å²) in [4.78, 5) is 48.8. The van der Waals surface area contributed by atoms with Crippen molar-refractivity contribution in [3.8, 4) is 0 Å². The zero-order valence-corrected chi connectivity index (χ0v) is 24.4. The third kappa shape index (κ3) is 7.81. The van der Waals surface area contributed by atoms with Gasteiger partial charge < -0.3 is 20.1 Å². The number of carbonyl (C=O) groups is 3. The summed E-state index contributed by atoms with van der Waals surface area (Å²) in [5.41, 5.74) is 0.867. The molecular weight excluding hydrogens is 522 g/mol. The second kappa shape index (κ2) is 12.4. The maximum Gasteiger partial charge on any atom is 0.414 e. The Bertz CT molecular complexity index is 1460. The summed E-state index contributed by atoms with van der Waals surface area (Å²) in [5, 5.41) is 7.72. The van der Waals surface area contributed by atoms with E-state index in [2.05, 4.69) is 15.6 Å². The first-order valence-electron chi connectivity index (χ1n) is 13.7. The number of nitrogens with zero attached hydrogens (tertiary/aromatic N) is 3. The molecule has 0 spiro atoms. The van der Waals surface area contributed by atoms with E-state index in [0.29, 0.717) is 47.9 Å². The van der Waals surface area contributed by atoms with Crippen LogP contribution in [0.1, 0.15) is 76.5 Å². The zero-order valence-electron chi connectivity index (χ0n) is 24.4. The maximum atomic E-state index is 13.1. The van der Waals surface area contributed by atoms with Crippen molar-refractivity contribution in [3.63, 3.8) is 0 Å². The standard InChI is InChI=1S/C31H37N5O5/c1-19(2)33-27-24-16-26(35-28(37)22-13-10-14-36(18-22)30(39)41-31(4,5)6)32-17-23(24)15-25(34-27)20(3)40-29(38)21-11-8-7-9-12-21/h7-9,11-12,15-20H,10,13-14H2,1-6H3,(H,33,34)(H,32,35,37). The smallest absolute Gasteiger partial charge is 0.414 e. The van der Waals surface area contributed by atoms with E-state index in [-0.39, 0.29) is 11.9 Å². The third-order valence-electron chi connectivity index (χ3n) is 6.19. The highest BCUT2D eigenvalue weighted by atomic mass is 16.6. The van der Waals surface area contributed by atoms with E-state index in [0.717, 1.165) is 10.8 Å². The van der Waals surface area contributed by atoms with Gasteiger partial charge in [0, 0.05) is 41.3 Å². The molecule has 216 valence electrons. The van der Waals surface area contributed by atoms with Crippen molar-refractivity contribution < 1.29 is 23.9 Å². The van der Waals surface area contributed by atoms with E-state index < -0.39 is 23.8 Å². The second-order valence-corrected chi connectivity index (χ2v) is 11.3. The lowest BCUT2D eigenvalue weighted by Crippen LogP contribution is -2.36. The summed E-state index contributed by atoms with van der Waals surface area (Å²) in [5.74, 6) is 0.162. The molecule has 41 heavy (non-hydrogen) atoms. The average Bonchev–Trinajstić information content (AvgIpc) is 2.92. The minimum absolute atomic E-state index is 0.0700. The molecule has 3 aromatic rings. The Balaban J connectivity index is 1.55. The fraction of sp³-hybridized carbons (Fsp3) is 0.387. The summed E-state index contributed by atoms with van der Waals surface area (Å²) in [6.45, 7) is 11.6. The number of aromatic nitrogens is 2. The molecule has 0 saturated heterocycles. The Morgan fingerprint density at radius 3 is 2.46 bits per heavy atom. The summed E-state index contributed by atoms with van der Waals surface area (Å²) in [6.07, 6.45) is 3.28. The van der Waals surface area contributed by atoms with Crippen molar-refractivity contribution in [2.45, 2.75) is 72.1 Å². The molecule has 1 aromatic carbocycles. The number of hydrogen-bond donors (Lipinski definition) is 2. The van der Waals surface area contributed by atoms with Crippen LogP contribution in [0.5, 0.6) is 0 Å². The molecule has 1 aliphatic heterocycles. The van der Waals surface area contributed by atoms with E-state index in [1.54, 1.807) is 70.4 Å². The summed E-state index contributed by atoms with van der Waals surface area (Å²) >= 11 is 0. The van der Waals surface area contributed by atoms with Crippen molar-refractivity contribution in [1.82, 2.24) is 14.9 Å².